The van der Waals surface area contributed by atoms with Gasteiger partial charge >= 0.3 is 5.91 Å². The first-order chi connectivity index (χ1) is 16.5. The van der Waals surface area contributed by atoms with Crippen LogP contribution in [0.25, 0.3) is 5.76 Å². The molecule has 8 heteroatoms. The van der Waals surface area contributed by atoms with Crippen LogP contribution >= 0.6 is 11.3 Å². The number of Topliss-reactive ketones (excluding diaryl/α,β-unsaturated/α-hetero) is 1. The molecule has 0 spiro atoms. The van der Waals surface area contributed by atoms with Crippen LogP contribution in [0.3, 0.4) is 0 Å². The van der Waals surface area contributed by atoms with Gasteiger partial charge in [0.2, 0.25) is 0 Å². The smallest absolute Gasteiger partial charge is 0.301 e. The second kappa shape index (κ2) is 10.5. The van der Waals surface area contributed by atoms with E-state index in [1.165, 1.54) is 16.2 Å². The maximum absolute atomic E-state index is 13.2. The highest BCUT2D eigenvalue weighted by Gasteiger charge is 2.48. The van der Waals surface area contributed by atoms with Gasteiger partial charge in [-0.2, -0.15) is 0 Å². The highest BCUT2D eigenvalue weighted by molar-refractivity contribution is 7.14. The minimum atomic E-state index is -0.827. The van der Waals surface area contributed by atoms with Gasteiger partial charge in [0.1, 0.15) is 17.3 Å². The third kappa shape index (κ3) is 4.68. The van der Waals surface area contributed by atoms with Crippen molar-refractivity contribution in [2.24, 2.45) is 0 Å². The minimum absolute atomic E-state index is 0.00932. The average molecular weight is 479 g/mol. The average Bonchev–Trinajstić information content (AvgIpc) is 3.46. The maximum Gasteiger partial charge on any atom is 0.301 e. The van der Waals surface area contributed by atoms with E-state index in [0.717, 1.165) is 12.8 Å². The van der Waals surface area contributed by atoms with E-state index in [0.29, 0.717) is 41.0 Å². The van der Waals surface area contributed by atoms with Crippen LogP contribution in [-0.4, -0.2) is 35.0 Å². The summed E-state index contributed by atoms with van der Waals surface area (Å²) in [6, 6.07) is 13.2. The van der Waals surface area contributed by atoms with Crippen LogP contribution in [0.2, 0.25) is 0 Å². The number of anilines is 1. The Kier molecular flexibility index (Phi) is 7.27. The molecule has 3 aromatic rings. The molecule has 0 saturated carbocycles. The van der Waals surface area contributed by atoms with Gasteiger partial charge in [-0.15, -0.1) is 11.3 Å². The molecule has 1 atom stereocenters. The summed E-state index contributed by atoms with van der Waals surface area (Å²) in [5.74, 6) is -0.481. The number of aliphatic hydroxyl groups excluding tert-OH is 1. The lowest BCUT2D eigenvalue weighted by Crippen LogP contribution is -2.29. The SMILES string of the molecule is CCCCOc1cccc(/C(O)=C2\C(=O)C(=O)N(c3nccs3)C2c2ccc(OCC)cc2)c1. The van der Waals surface area contributed by atoms with Gasteiger partial charge in [-0.1, -0.05) is 37.6 Å². The van der Waals surface area contributed by atoms with Gasteiger partial charge in [0, 0.05) is 17.1 Å². The van der Waals surface area contributed by atoms with E-state index in [9.17, 15) is 14.7 Å². The third-order valence-corrected chi connectivity index (χ3v) is 6.22. The molecule has 1 aromatic heterocycles. The summed E-state index contributed by atoms with van der Waals surface area (Å²) in [4.78, 5) is 31.9. The Hall–Kier alpha value is -3.65. The molecule has 1 N–H and O–H groups in total. The fourth-order valence-corrected chi connectivity index (χ4v) is 4.48. The highest BCUT2D eigenvalue weighted by atomic mass is 32.1. The van der Waals surface area contributed by atoms with Crippen molar-refractivity contribution in [1.29, 1.82) is 0 Å². The van der Waals surface area contributed by atoms with E-state index in [-0.39, 0.29) is 11.3 Å². The lowest BCUT2D eigenvalue weighted by molar-refractivity contribution is -0.132. The number of rotatable bonds is 9. The normalized spacial score (nSPS) is 17.2. The van der Waals surface area contributed by atoms with Crippen molar-refractivity contribution in [2.45, 2.75) is 32.7 Å². The molecular formula is C26H26N2O5S. The van der Waals surface area contributed by atoms with Gasteiger partial charge in [-0.05, 0) is 43.2 Å². The van der Waals surface area contributed by atoms with Crippen molar-refractivity contribution in [3.05, 3.63) is 76.8 Å². The first kappa shape index (κ1) is 23.5. The number of benzene rings is 2. The van der Waals surface area contributed by atoms with Crippen molar-refractivity contribution in [1.82, 2.24) is 4.98 Å². The molecule has 34 heavy (non-hydrogen) atoms. The van der Waals surface area contributed by atoms with Gasteiger partial charge in [-0.25, -0.2) is 4.98 Å². The molecule has 1 amide bonds. The zero-order chi connectivity index (χ0) is 24.1. The van der Waals surface area contributed by atoms with Gasteiger partial charge in [0.05, 0.1) is 24.8 Å². The molecule has 0 aliphatic carbocycles. The molecule has 1 saturated heterocycles. The predicted octanol–water partition coefficient (Wildman–Crippen LogP) is 5.35. The number of carbonyl (C=O) groups excluding carboxylic acids is 2. The molecule has 1 fully saturated rings. The second-order valence-corrected chi connectivity index (χ2v) is 8.59. The lowest BCUT2D eigenvalue weighted by atomic mass is 9.95. The van der Waals surface area contributed by atoms with Crippen LogP contribution in [0.4, 0.5) is 5.13 Å². The lowest BCUT2D eigenvalue weighted by Gasteiger charge is -2.23. The van der Waals surface area contributed by atoms with Crippen LogP contribution in [0.5, 0.6) is 11.5 Å². The predicted molar refractivity (Wildman–Crippen MR) is 131 cm³/mol. The van der Waals surface area contributed by atoms with Crippen molar-refractivity contribution in [3.8, 4) is 11.5 Å². The van der Waals surface area contributed by atoms with E-state index in [1.807, 2.05) is 6.92 Å². The summed E-state index contributed by atoms with van der Waals surface area (Å²) in [6.07, 6.45) is 3.49. The van der Waals surface area contributed by atoms with Gasteiger partial charge in [0.15, 0.2) is 5.13 Å². The molecule has 7 nitrogen and oxygen atoms in total. The van der Waals surface area contributed by atoms with Gasteiger partial charge < -0.3 is 14.6 Å². The molecule has 1 aliphatic heterocycles. The highest BCUT2D eigenvalue weighted by Crippen LogP contribution is 2.43. The Morgan fingerprint density at radius 1 is 1.09 bits per heavy atom. The number of ketones is 1. The molecule has 1 aliphatic rings. The van der Waals surface area contributed by atoms with E-state index in [1.54, 1.807) is 60.1 Å². The van der Waals surface area contributed by atoms with Crippen LogP contribution in [0.15, 0.2) is 65.7 Å². The summed E-state index contributed by atoms with van der Waals surface area (Å²) in [7, 11) is 0. The van der Waals surface area contributed by atoms with Crippen molar-refractivity contribution < 1.29 is 24.2 Å². The Bertz CT molecular complexity index is 1190. The second-order valence-electron chi connectivity index (χ2n) is 7.72. The standard InChI is InChI=1S/C26H26N2O5S/c1-3-5-14-33-20-8-6-7-18(16-20)23(29)21-22(17-9-11-19(12-10-17)32-4-2)28(25(31)24(21)30)26-27-13-15-34-26/h6-13,15-16,22,29H,3-5,14H2,1-2H3/b23-21+. The van der Waals surface area contributed by atoms with E-state index < -0.39 is 17.7 Å². The Labute approximate surface area is 202 Å². The van der Waals surface area contributed by atoms with E-state index >= 15 is 0 Å². The number of unbranched alkanes of at least 4 members (excludes halogenated alkanes) is 1. The fraction of sp³-hybridized carbons (Fsp3) is 0.269. The number of ether oxygens (including phenoxy) is 2. The van der Waals surface area contributed by atoms with E-state index in [4.69, 9.17) is 9.47 Å². The zero-order valence-corrected chi connectivity index (χ0v) is 19.9. The molecule has 2 aromatic carbocycles. The molecule has 2 heterocycles. The zero-order valence-electron chi connectivity index (χ0n) is 19.1. The molecule has 4 rings (SSSR count). The first-order valence-electron chi connectivity index (χ1n) is 11.2. The Morgan fingerprint density at radius 3 is 2.56 bits per heavy atom. The van der Waals surface area contributed by atoms with Crippen LogP contribution in [0.1, 0.15) is 43.9 Å². The number of aromatic nitrogens is 1. The number of nitrogens with zero attached hydrogens (tertiary/aromatic N) is 2. The molecule has 1 unspecified atom stereocenters. The summed E-state index contributed by atoms with van der Waals surface area (Å²) in [5.41, 5.74) is 1.08. The fourth-order valence-electron chi connectivity index (χ4n) is 3.82. The molecule has 0 radical (unpaired) electrons. The summed E-state index contributed by atoms with van der Waals surface area (Å²) in [6.45, 7) is 5.05. The maximum atomic E-state index is 13.2. The quantitative estimate of drug-likeness (QED) is 0.193. The first-order valence-corrected chi connectivity index (χ1v) is 12.1. The largest absolute Gasteiger partial charge is 0.507 e. The van der Waals surface area contributed by atoms with Crippen molar-refractivity contribution >= 4 is 33.9 Å². The van der Waals surface area contributed by atoms with Gasteiger partial charge in [-0.3, -0.25) is 14.5 Å². The monoisotopic (exact) mass is 478 g/mol. The topological polar surface area (TPSA) is 89.0 Å². The van der Waals surface area contributed by atoms with Crippen molar-refractivity contribution in [3.63, 3.8) is 0 Å². The van der Waals surface area contributed by atoms with Crippen LogP contribution in [-0.2, 0) is 9.59 Å². The molecule has 176 valence electrons. The summed E-state index contributed by atoms with van der Waals surface area (Å²) >= 11 is 1.25. The van der Waals surface area contributed by atoms with E-state index in [2.05, 4.69) is 11.9 Å². The molecule has 0 bridgehead atoms. The molecular weight excluding hydrogens is 452 g/mol. The summed E-state index contributed by atoms with van der Waals surface area (Å²) < 4.78 is 11.3. The number of hydrogen-bond donors (Lipinski definition) is 1. The number of amides is 1. The number of hydrogen-bond acceptors (Lipinski definition) is 7. The van der Waals surface area contributed by atoms with Gasteiger partial charge in [0.25, 0.3) is 5.78 Å². The summed E-state index contributed by atoms with van der Waals surface area (Å²) in [5, 5.41) is 13.4. The van der Waals surface area contributed by atoms with Crippen molar-refractivity contribution in [2.75, 3.05) is 18.1 Å². The van der Waals surface area contributed by atoms with Crippen LogP contribution in [0, 0.1) is 0 Å². The Morgan fingerprint density at radius 2 is 1.88 bits per heavy atom. The third-order valence-electron chi connectivity index (χ3n) is 5.45. The Balaban J connectivity index is 1.80. The number of carbonyl (C=O) groups is 2. The number of thiazole rings is 1. The minimum Gasteiger partial charge on any atom is -0.507 e. The number of aliphatic hydroxyl groups is 1. The van der Waals surface area contributed by atoms with Crippen LogP contribution < -0.4 is 14.4 Å².